The van der Waals surface area contributed by atoms with Crippen molar-refractivity contribution in [3.8, 4) is 33.0 Å². The number of rotatable bonds is 8. The third kappa shape index (κ3) is 4.69. The fourth-order valence-corrected chi connectivity index (χ4v) is 4.74. The molecule has 0 aliphatic heterocycles. The summed E-state index contributed by atoms with van der Waals surface area (Å²) in [5.74, 6) is -0.0909. The maximum Gasteiger partial charge on any atom is 0.342 e. The van der Waals surface area contributed by atoms with E-state index in [9.17, 15) is 4.79 Å². The first-order valence-electron chi connectivity index (χ1n) is 11.2. The molecule has 0 amide bonds. The second-order valence-corrected chi connectivity index (χ2v) is 8.70. The van der Waals surface area contributed by atoms with E-state index in [1.165, 1.54) is 7.11 Å². The van der Waals surface area contributed by atoms with E-state index < -0.39 is 5.97 Å². The molecule has 2 aromatic carbocycles. The summed E-state index contributed by atoms with van der Waals surface area (Å²) in [6, 6.07) is 23.5. The molecule has 5 aromatic rings. The summed E-state index contributed by atoms with van der Waals surface area (Å²) in [6.07, 6.45) is 2.36. The number of esters is 1. The number of hydrogen-bond acceptors (Lipinski definition) is 7. The van der Waals surface area contributed by atoms with Crippen LogP contribution >= 0.6 is 11.3 Å². The molecule has 5 rings (SSSR count). The molecular formula is C27H23N5O2S. The van der Waals surface area contributed by atoms with Crippen LogP contribution in [0.25, 0.3) is 33.0 Å². The predicted octanol–water partition coefficient (Wildman–Crippen LogP) is 5.70. The van der Waals surface area contributed by atoms with Crippen molar-refractivity contribution in [2.45, 2.75) is 6.42 Å². The van der Waals surface area contributed by atoms with Gasteiger partial charge in [0.1, 0.15) is 17.0 Å². The number of carbonyl (C=O) groups excluding carboxylic acids is 1. The van der Waals surface area contributed by atoms with Crippen LogP contribution in [0.2, 0.25) is 0 Å². The molecule has 0 unspecified atom stereocenters. The lowest BCUT2D eigenvalue weighted by atomic mass is 9.95. The van der Waals surface area contributed by atoms with E-state index in [1.807, 2.05) is 78.2 Å². The molecular weight excluding hydrogens is 458 g/mol. The molecule has 174 valence electrons. The summed E-state index contributed by atoms with van der Waals surface area (Å²) in [5, 5.41) is 14.3. The fraction of sp³-hybridized carbons (Fsp3) is 0.111. The lowest BCUT2D eigenvalue weighted by Crippen LogP contribution is -2.16. The fourth-order valence-electron chi connectivity index (χ4n) is 3.99. The molecule has 7 nitrogen and oxygen atoms in total. The predicted molar refractivity (Wildman–Crippen MR) is 138 cm³/mol. The number of aromatic nitrogens is 4. The molecule has 0 fully saturated rings. The van der Waals surface area contributed by atoms with Gasteiger partial charge in [0.25, 0.3) is 0 Å². The zero-order valence-electron chi connectivity index (χ0n) is 19.1. The lowest BCUT2D eigenvalue weighted by Gasteiger charge is -2.17. The second kappa shape index (κ2) is 10.3. The summed E-state index contributed by atoms with van der Waals surface area (Å²) in [4.78, 5) is 21.9. The Balaban J connectivity index is 1.52. The molecule has 0 spiro atoms. The van der Waals surface area contributed by atoms with Crippen molar-refractivity contribution in [3.05, 3.63) is 95.8 Å². The van der Waals surface area contributed by atoms with Crippen LogP contribution in [0, 0.1) is 0 Å². The Labute approximate surface area is 206 Å². The van der Waals surface area contributed by atoms with Crippen molar-refractivity contribution in [1.82, 2.24) is 20.2 Å². The number of nitrogens with one attached hydrogen (secondary N) is 2. The van der Waals surface area contributed by atoms with Gasteiger partial charge in [0.15, 0.2) is 5.82 Å². The van der Waals surface area contributed by atoms with Crippen molar-refractivity contribution in [2.75, 3.05) is 19.0 Å². The highest BCUT2D eigenvalue weighted by Gasteiger charge is 2.25. The van der Waals surface area contributed by atoms with E-state index in [2.05, 4.69) is 25.5 Å². The highest BCUT2D eigenvalue weighted by molar-refractivity contribution is 7.13. The third-order valence-electron chi connectivity index (χ3n) is 5.61. The highest BCUT2D eigenvalue weighted by atomic mass is 32.1. The van der Waals surface area contributed by atoms with Crippen LogP contribution in [-0.4, -0.2) is 39.8 Å². The normalized spacial score (nSPS) is 10.8. The SMILES string of the molecule is COC(=O)c1c(NCCc2[nH]cnc2-c2cccs2)nnc(-c2ccccc2)c1-c1ccccc1. The number of nitrogens with zero attached hydrogens (tertiary/aromatic N) is 3. The van der Waals surface area contributed by atoms with E-state index in [1.54, 1.807) is 17.7 Å². The smallest absolute Gasteiger partial charge is 0.342 e. The van der Waals surface area contributed by atoms with Gasteiger partial charge < -0.3 is 15.0 Å². The molecule has 0 radical (unpaired) electrons. The summed E-state index contributed by atoms with van der Waals surface area (Å²) in [5.41, 5.74) is 5.34. The second-order valence-electron chi connectivity index (χ2n) is 7.75. The average molecular weight is 482 g/mol. The van der Waals surface area contributed by atoms with Gasteiger partial charge >= 0.3 is 5.97 Å². The minimum atomic E-state index is -0.473. The Morgan fingerprint density at radius 3 is 2.37 bits per heavy atom. The number of benzene rings is 2. The first-order chi connectivity index (χ1) is 17.3. The van der Waals surface area contributed by atoms with Crippen molar-refractivity contribution in [2.24, 2.45) is 0 Å². The Hall–Kier alpha value is -4.30. The molecule has 0 atom stereocenters. The zero-order chi connectivity index (χ0) is 24.0. The Kier molecular flexibility index (Phi) is 6.63. The van der Waals surface area contributed by atoms with Crippen LogP contribution in [0.15, 0.2) is 84.5 Å². The lowest BCUT2D eigenvalue weighted by molar-refractivity contribution is 0.0602. The Morgan fingerprint density at radius 1 is 0.943 bits per heavy atom. The van der Waals surface area contributed by atoms with E-state index in [0.717, 1.165) is 27.4 Å². The summed E-state index contributed by atoms with van der Waals surface area (Å²) in [7, 11) is 1.38. The minimum absolute atomic E-state index is 0.357. The number of H-pyrrole nitrogens is 1. The van der Waals surface area contributed by atoms with Crippen molar-refractivity contribution >= 4 is 23.1 Å². The maximum atomic E-state index is 13.1. The number of carbonyl (C=O) groups is 1. The Bertz CT molecular complexity index is 1420. The standard InChI is InChI=1S/C27H23N5O2S/c1-34-27(33)23-22(18-9-4-2-5-10-18)24(19-11-6-3-7-12-19)31-32-26(23)28-15-14-20-25(30-17-29-20)21-13-8-16-35-21/h2-13,16-17H,14-15H2,1H3,(H,28,32)(H,29,30). The van der Waals surface area contributed by atoms with E-state index in [0.29, 0.717) is 35.6 Å². The molecule has 0 aliphatic carbocycles. The minimum Gasteiger partial charge on any atom is -0.465 e. The monoisotopic (exact) mass is 481 g/mol. The van der Waals surface area contributed by atoms with Gasteiger partial charge in [0.05, 0.1) is 18.3 Å². The van der Waals surface area contributed by atoms with E-state index in [-0.39, 0.29) is 0 Å². The summed E-state index contributed by atoms with van der Waals surface area (Å²) >= 11 is 1.65. The highest BCUT2D eigenvalue weighted by Crippen LogP contribution is 2.36. The molecule has 0 bridgehead atoms. The van der Waals surface area contributed by atoms with Crippen molar-refractivity contribution < 1.29 is 9.53 Å². The number of hydrogen-bond donors (Lipinski definition) is 2. The van der Waals surface area contributed by atoms with E-state index >= 15 is 0 Å². The van der Waals surface area contributed by atoms with Crippen LogP contribution in [0.4, 0.5) is 5.82 Å². The van der Waals surface area contributed by atoms with Gasteiger partial charge in [-0.2, -0.15) is 0 Å². The molecule has 8 heteroatoms. The summed E-state index contributed by atoms with van der Waals surface area (Å²) < 4.78 is 5.19. The number of thiophene rings is 1. The summed E-state index contributed by atoms with van der Waals surface area (Å²) in [6.45, 7) is 0.526. The third-order valence-corrected chi connectivity index (χ3v) is 6.49. The zero-order valence-corrected chi connectivity index (χ0v) is 19.9. The van der Waals surface area contributed by atoms with Crippen LogP contribution in [-0.2, 0) is 11.2 Å². The quantitative estimate of drug-likeness (QED) is 0.276. The number of anilines is 1. The van der Waals surface area contributed by atoms with Gasteiger partial charge in [-0.25, -0.2) is 9.78 Å². The van der Waals surface area contributed by atoms with Gasteiger partial charge in [-0.15, -0.1) is 21.5 Å². The first-order valence-corrected chi connectivity index (χ1v) is 12.0. The largest absolute Gasteiger partial charge is 0.465 e. The van der Waals surface area contributed by atoms with Crippen LogP contribution in [0.5, 0.6) is 0 Å². The molecule has 2 N–H and O–H groups in total. The maximum absolute atomic E-state index is 13.1. The topological polar surface area (TPSA) is 92.8 Å². The molecule has 0 saturated heterocycles. The van der Waals surface area contributed by atoms with E-state index in [4.69, 9.17) is 4.74 Å². The van der Waals surface area contributed by atoms with Gasteiger partial charge in [0, 0.05) is 29.8 Å². The molecule has 35 heavy (non-hydrogen) atoms. The number of ether oxygens (including phenoxy) is 1. The molecule has 3 heterocycles. The average Bonchev–Trinajstić information content (AvgIpc) is 3.61. The van der Waals surface area contributed by atoms with Gasteiger partial charge in [-0.1, -0.05) is 66.7 Å². The first kappa shape index (κ1) is 22.5. The molecule has 0 saturated carbocycles. The number of methoxy groups -OCH3 is 1. The van der Waals surface area contributed by atoms with Gasteiger partial charge in [0.2, 0.25) is 0 Å². The van der Waals surface area contributed by atoms with Crippen molar-refractivity contribution in [3.63, 3.8) is 0 Å². The van der Waals surface area contributed by atoms with Crippen molar-refractivity contribution in [1.29, 1.82) is 0 Å². The van der Waals surface area contributed by atoms with Crippen LogP contribution in [0.3, 0.4) is 0 Å². The van der Waals surface area contributed by atoms with Crippen LogP contribution in [0.1, 0.15) is 16.1 Å². The molecule has 0 aliphatic rings. The van der Waals surface area contributed by atoms with Gasteiger partial charge in [-0.05, 0) is 17.0 Å². The van der Waals surface area contributed by atoms with Crippen LogP contribution < -0.4 is 5.32 Å². The number of imidazole rings is 1. The molecule has 3 aromatic heterocycles. The Morgan fingerprint density at radius 2 is 1.69 bits per heavy atom. The number of aromatic amines is 1. The van der Waals surface area contributed by atoms with Gasteiger partial charge in [-0.3, -0.25) is 0 Å².